The molecule has 34 heavy (non-hydrogen) atoms. The Balaban J connectivity index is 1.37. The number of esters is 1. The molecule has 1 amide bonds. The summed E-state index contributed by atoms with van der Waals surface area (Å²) in [6, 6.07) is 21.2. The van der Waals surface area contributed by atoms with Crippen LogP contribution in [0.15, 0.2) is 71.9 Å². The van der Waals surface area contributed by atoms with Crippen molar-refractivity contribution < 1.29 is 14.3 Å². The minimum atomic E-state index is -0.481. The Bertz CT molecular complexity index is 1340. The molecule has 0 aliphatic heterocycles. The molecule has 0 atom stereocenters. The molecule has 174 valence electrons. The van der Waals surface area contributed by atoms with Crippen molar-refractivity contribution in [3.63, 3.8) is 0 Å². The standard InChI is InChI=1S/C26H24ClN3O3S/c1-17-7-12-21(18(2)13-17)28-24(31)15-33-25(32)16-34-26-29-22-5-3-4-6-23(22)30(26)14-19-8-10-20(27)11-9-19/h3-13H,14-16H2,1-2H3,(H,28,31). The van der Waals surface area contributed by atoms with Crippen LogP contribution in [0.2, 0.25) is 5.02 Å². The average Bonchev–Trinajstić information content (AvgIpc) is 3.17. The fraction of sp³-hybridized carbons (Fsp3) is 0.192. The minimum absolute atomic E-state index is 0.0424. The zero-order valence-corrected chi connectivity index (χ0v) is 20.4. The first-order valence-corrected chi connectivity index (χ1v) is 12.1. The van der Waals surface area contributed by atoms with Gasteiger partial charge in [0.25, 0.3) is 5.91 Å². The van der Waals surface area contributed by atoms with Crippen molar-refractivity contribution in [2.75, 3.05) is 17.7 Å². The number of amides is 1. The third-order valence-electron chi connectivity index (χ3n) is 5.21. The number of thioether (sulfide) groups is 1. The lowest BCUT2D eigenvalue weighted by Gasteiger charge is -2.10. The minimum Gasteiger partial charge on any atom is -0.455 e. The number of anilines is 1. The molecule has 0 bridgehead atoms. The Morgan fingerprint density at radius 2 is 1.82 bits per heavy atom. The highest BCUT2D eigenvalue weighted by Gasteiger charge is 2.15. The van der Waals surface area contributed by atoms with Crippen LogP contribution in [-0.2, 0) is 20.9 Å². The summed E-state index contributed by atoms with van der Waals surface area (Å²) in [5.74, 6) is -0.813. The molecule has 8 heteroatoms. The third-order valence-corrected chi connectivity index (χ3v) is 6.41. The van der Waals surface area contributed by atoms with Gasteiger partial charge in [-0.1, -0.05) is 65.3 Å². The summed E-state index contributed by atoms with van der Waals surface area (Å²) in [6.07, 6.45) is 0. The van der Waals surface area contributed by atoms with E-state index in [1.807, 2.05) is 80.6 Å². The Kier molecular flexibility index (Phi) is 7.55. The number of rotatable bonds is 8. The Morgan fingerprint density at radius 3 is 2.59 bits per heavy atom. The number of carbonyl (C=O) groups is 2. The fourth-order valence-electron chi connectivity index (χ4n) is 3.54. The lowest BCUT2D eigenvalue weighted by molar-refractivity contribution is -0.144. The van der Waals surface area contributed by atoms with Crippen LogP contribution >= 0.6 is 23.4 Å². The summed E-state index contributed by atoms with van der Waals surface area (Å²) in [6.45, 7) is 4.16. The molecule has 4 aromatic rings. The molecule has 4 rings (SSSR count). The first kappa shape index (κ1) is 23.9. The van der Waals surface area contributed by atoms with Gasteiger partial charge in [-0.3, -0.25) is 9.59 Å². The Morgan fingerprint density at radius 1 is 1.06 bits per heavy atom. The predicted octanol–water partition coefficient (Wildman–Crippen LogP) is 5.63. The second kappa shape index (κ2) is 10.8. The highest BCUT2D eigenvalue weighted by atomic mass is 35.5. The second-order valence-corrected chi connectivity index (χ2v) is 9.29. The number of imidazole rings is 1. The number of aromatic nitrogens is 2. The lowest BCUT2D eigenvalue weighted by atomic mass is 10.1. The topological polar surface area (TPSA) is 73.2 Å². The summed E-state index contributed by atoms with van der Waals surface area (Å²) < 4.78 is 7.24. The van der Waals surface area contributed by atoms with Gasteiger partial charge in [-0.15, -0.1) is 0 Å². The predicted molar refractivity (Wildman–Crippen MR) is 137 cm³/mol. The second-order valence-electron chi connectivity index (χ2n) is 7.91. The van der Waals surface area contributed by atoms with Crippen LogP contribution in [-0.4, -0.2) is 33.8 Å². The highest BCUT2D eigenvalue weighted by molar-refractivity contribution is 7.99. The Hall–Kier alpha value is -3.29. The highest BCUT2D eigenvalue weighted by Crippen LogP contribution is 2.26. The van der Waals surface area contributed by atoms with Crippen molar-refractivity contribution >= 4 is 52.0 Å². The molecule has 0 fully saturated rings. The van der Waals surface area contributed by atoms with Gasteiger partial charge in [0.05, 0.1) is 23.3 Å². The summed E-state index contributed by atoms with van der Waals surface area (Å²) in [4.78, 5) is 29.2. The van der Waals surface area contributed by atoms with Gasteiger partial charge in [0.2, 0.25) is 0 Å². The molecule has 6 nitrogen and oxygen atoms in total. The van der Waals surface area contributed by atoms with E-state index in [-0.39, 0.29) is 18.3 Å². The summed E-state index contributed by atoms with van der Waals surface area (Å²) in [7, 11) is 0. The number of nitrogens with one attached hydrogen (secondary N) is 1. The zero-order valence-electron chi connectivity index (χ0n) is 18.9. The number of benzene rings is 3. The molecule has 1 aromatic heterocycles. The average molecular weight is 494 g/mol. The number of hydrogen-bond donors (Lipinski definition) is 1. The molecule has 1 heterocycles. The van der Waals surface area contributed by atoms with E-state index in [4.69, 9.17) is 16.3 Å². The number of carbonyl (C=O) groups excluding carboxylic acids is 2. The van der Waals surface area contributed by atoms with Crippen molar-refractivity contribution in [2.45, 2.75) is 25.5 Å². The van der Waals surface area contributed by atoms with Gasteiger partial charge in [0, 0.05) is 10.7 Å². The van der Waals surface area contributed by atoms with Crippen LogP contribution in [0.5, 0.6) is 0 Å². The smallest absolute Gasteiger partial charge is 0.316 e. The van der Waals surface area contributed by atoms with Crippen molar-refractivity contribution in [3.05, 3.63) is 88.4 Å². The van der Waals surface area contributed by atoms with E-state index in [0.29, 0.717) is 22.4 Å². The molecule has 3 aromatic carbocycles. The van der Waals surface area contributed by atoms with E-state index in [1.54, 1.807) is 0 Å². The third kappa shape index (κ3) is 5.98. The van der Waals surface area contributed by atoms with Gasteiger partial charge in [-0.05, 0) is 55.3 Å². The summed E-state index contributed by atoms with van der Waals surface area (Å²) in [5, 5.41) is 4.16. The molecule has 1 N–H and O–H groups in total. The number of aryl methyl sites for hydroxylation is 2. The number of hydrogen-bond acceptors (Lipinski definition) is 5. The van der Waals surface area contributed by atoms with E-state index in [9.17, 15) is 9.59 Å². The molecular weight excluding hydrogens is 470 g/mol. The van der Waals surface area contributed by atoms with Crippen molar-refractivity contribution in [1.82, 2.24) is 9.55 Å². The molecule has 0 spiro atoms. The van der Waals surface area contributed by atoms with E-state index < -0.39 is 5.97 Å². The van der Waals surface area contributed by atoms with Crippen LogP contribution in [0, 0.1) is 13.8 Å². The molecule has 0 unspecified atom stereocenters. The maximum absolute atomic E-state index is 12.3. The van der Waals surface area contributed by atoms with Crippen LogP contribution in [0.1, 0.15) is 16.7 Å². The monoisotopic (exact) mass is 493 g/mol. The Labute approximate surface area is 207 Å². The van der Waals surface area contributed by atoms with E-state index in [0.717, 1.165) is 27.7 Å². The van der Waals surface area contributed by atoms with Gasteiger partial charge >= 0.3 is 5.97 Å². The number of ether oxygens (including phenoxy) is 1. The number of para-hydroxylation sites is 2. The number of halogens is 1. The van der Waals surface area contributed by atoms with Gasteiger partial charge in [0.1, 0.15) is 0 Å². The van der Waals surface area contributed by atoms with Crippen LogP contribution in [0.25, 0.3) is 11.0 Å². The first-order valence-electron chi connectivity index (χ1n) is 10.7. The fourth-order valence-corrected chi connectivity index (χ4v) is 4.48. The van der Waals surface area contributed by atoms with E-state index >= 15 is 0 Å². The van der Waals surface area contributed by atoms with Gasteiger partial charge in [-0.25, -0.2) is 4.98 Å². The SMILES string of the molecule is Cc1ccc(NC(=O)COC(=O)CSc2nc3ccccc3n2Cc2ccc(Cl)cc2)c(C)c1. The van der Waals surface area contributed by atoms with Crippen LogP contribution < -0.4 is 5.32 Å². The first-order chi connectivity index (χ1) is 16.4. The van der Waals surface area contributed by atoms with Gasteiger partial charge < -0.3 is 14.6 Å². The quantitative estimate of drug-likeness (QED) is 0.254. The molecule has 0 aliphatic carbocycles. The van der Waals surface area contributed by atoms with Crippen LogP contribution in [0.3, 0.4) is 0 Å². The van der Waals surface area contributed by atoms with Crippen LogP contribution in [0.4, 0.5) is 5.69 Å². The number of nitrogens with zero attached hydrogens (tertiary/aromatic N) is 2. The maximum atomic E-state index is 12.3. The zero-order chi connectivity index (χ0) is 24.1. The molecular formula is C26H24ClN3O3S. The van der Waals surface area contributed by atoms with Crippen molar-refractivity contribution in [3.8, 4) is 0 Å². The van der Waals surface area contributed by atoms with Crippen molar-refractivity contribution in [1.29, 1.82) is 0 Å². The van der Waals surface area contributed by atoms with Gasteiger partial charge in [0.15, 0.2) is 11.8 Å². The molecule has 0 saturated carbocycles. The lowest BCUT2D eigenvalue weighted by Crippen LogP contribution is -2.22. The summed E-state index contributed by atoms with van der Waals surface area (Å²) in [5.41, 5.74) is 5.66. The normalized spacial score (nSPS) is 10.9. The molecule has 0 saturated heterocycles. The molecule has 0 radical (unpaired) electrons. The largest absolute Gasteiger partial charge is 0.455 e. The van der Waals surface area contributed by atoms with Crippen molar-refractivity contribution in [2.24, 2.45) is 0 Å². The maximum Gasteiger partial charge on any atom is 0.316 e. The summed E-state index contributed by atoms with van der Waals surface area (Å²) >= 11 is 7.29. The van der Waals surface area contributed by atoms with Gasteiger partial charge in [-0.2, -0.15) is 0 Å². The van der Waals surface area contributed by atoms with E-state index in [1.165, 1.54) is 11.8 Å². The number of fused-ring (bicyclic) bond motifs is 1. The molecule has 0 aliphatic rings. The van der Waals surface area contributed by atoms with E-state index in [2.05, 4.69) is 14.9 Å².